The summed E-state index contributed by atoms with van der Waals surface area (Å²) >= 11 is 1.59. The standard InChI is InChI=1S/C19H21NO2S/c1-13-10-16(22-2)7-9-18(13)20-19(21)12-23-17-8-6-14-4-3-5-15(14)11-17/h6-11H,3-5,12H2,1-2H3,(H,20,21). The molecule has 4 heteroatoms. The number of hydrogen-bond acceptors (Lipinski definition) is 3. The van der Waals surface area contributed by atoms with Crippen LogP contribution in [0.5, 0.6) is 5.75 Å². The number of anilines is 1. The van der Waals surface area contributed by atoms with E-state index in [4.69, 9.17) is 4.74 Å². The molecule has 3 nitrogen and oxygen atoms in total. The van der Waals surface area contributed by atoms with Gasteiger partial charge in [0.05, 0.1) is 12.9 Å². The molecule has 0 heterocycles. The first-order valence-corrected chi connectivity index (χ1v) is 8.83. The molecule has 0 saturated heterocycles. The van der Waals surface area contributed by atoms with E-state index in [0.717, 1.165) is 17.0 Å². The minimum Gasteiger partial charge on any atom is -0.497 e. The summed E-state index contributed by atoms with van der Waals surface area (Å²) in [6.07, 6.45) is 3.61. The predicted octanol–water partition coefficient (Wildman–Crippen LogP) is 4.22. The highest BCUT2D eigenvalue weighted by atomic mass is 32.2. The lowest BCUT2D eigenvalue weighted by molar-refractivity contribution is -0.113. The molecule has 1 aliphatic rings. The highest BCUT2D eigenvalue weighted by molar-refractivity contribution is 8.00. The van der Waals surface area contributed by atoms with Crippen molar-refractivity contribution in [3.8, 4) is 5.75 Å². The van der Waals surface area contributed by atoms with Crippen LogP contribution in [0.25, 0.3) is 0 Å². The van der Waals surface area contributed by atoms with Gasteiger partial charge in [0.25, 0.3) is 0 Å². The predicted molar refractivity (Wildman–Crippen MR) is 95.6 cm³/mol. The summed E-state index contributed by atoms with van der Waals surface area (Å²) in [7, 11) is 1.64. The third-order valence-electron chi connectivity index (χ3n) is 4.15. The van der Waals surface area contributed by atoms with Crippen molar-refractivity contribution in [2.45, 2.75) is 31.1 Å². The van der Waals surface area contributed by atoms with Gasteiger partial charge in [-0.15, -0.1) is 11.8 Å². The Hall–Kier alpha value is -1.94. The fraction of sp³-hybridized carbons (Fsp3) is 0.316. The van der Waals surface area contributed by atoms with Gasteiger partial charge in [0, 0.05) is 10.6 Å². The lowest BCUT2D eigenvalue weighted by Gasteiger charge is -2.10. The second-order valence-corrected chi connectivity index (χ2v) is 6.85. The van der Waals surface area contributed by atoms with Gasteiger partial charge in [-0.3, -0.25) is 4.79 Å². The van der Waals surface area contributed by atoms with Gasteiger partial charge >= 0.3 is 0 Å². The average Bonchev–Trinajstić information content (AvgIpc) is 3.02. The molecule has 0 fully saturated rings. The Bertz CT molecular complexity index is 727. The maximum absolute atomic E-state index is 12.2. The SMILES string of the molecule is COc1ccc(NC(=O)CSc2ccc3c(c2)CCC3)c(C)c1. The van der Waals surface area contributed by atoms with Crippen LogP contribution in [0.4, 0.5) is 5.69 Å². The van der Waals surface area contributed by atoms with Crippen LogP contribution in [0.15, 0.2) is 41.3 Å². The molecule has 1 aliphatic carbocycles. The van der Waals surface area contributed by atoms with Crippen molar-refractivity contribution in [2.75, 3.05) is 18.2 Å². The van der Waals surface area contributed by atoms with E-state index in [1.165, 1.54) is 35.3 Å². The van der Waals surface area contributed by atoms with Crippen LogP contribution in [0.2, 0.25) is 0 Å². The Labute approximate surface area is 141 Å². The van der Waals surface area contributed by atoms with E-state index in [9.17, 15) is 4.79 Å². The summed E-state index contributed by atoms with van der Waals surface area (Å²) in [5, 5.41) is 2.97. The number of methoxy groups -OCH3 is 1. The topological polar surface area (TPSA) is 38.3 Å². The van der Waals surface area contributed by atoms with Gasteiger partial charge in [-0.2, -0.15) is 0 Å². The summed E-state index contributed by atoms with van der Waals surface area (Å²) in [6.45, 7) is 1.96. The molecule has 1 N–H and O–H groups in total. The molecule has 0 atom stereocenters. The number of ether oxygens (including phenoxy) is 1. The molecule has 0 aliphatic heterocycles. The summed E-state index contributed by atoms with van der Waals surface area (Å²) in [5.41, 5.74) is 4.75. The number of fused-ring (bicyclic) bond motifs is 1. The van der Waals surface area contributed by atoms with Crippen LogP contribution in [-0.2, 0) is 17.6 Å². The largest absolute Gasteiger partial charge is 0.497 e. The number of hydrogen-bond donors (Lipinski definition) is 1. The summed E-state index contributed by atoms with van der Waals surface area (Å²) < 4.78 is 5.18. The fourth-order valence-electron chi connectivity index (χ4n) is 2.88. The molecule has 23 heavy (non-hydrogen) atoms. The number of aryl methyl sites for hydroxylation is 3. The van der Waals surface area contributed by atoms with Crippen LogP contribution in [0.1, 0.15) is 23.1 Å². The Morgan fingerprint density at radius 1 is 1.17 bits per heavy atom. The first-order chi connectivity index (χ1) is 11.2. The molecule has 3 rings (SSSR count). The van der Waals surface area contributed by atoms with Gasteiger partial charge in [-0.1, -0.05) is 6.07 Å². The van der Waals surface area contributed by atoms with Crippen LogP contribution >= 0.6 is 11.8 Å². The van der Waals surface area contributed by atoms with Crippen molar-refractivity contribution < 1.29 is 9.53 Å². The van der Waals surface area contributed by atoms with Gasteiger partial charge in [0.2, 0.25) is 5.91 Å². The second kappa shape index (κ2) is 7.09. The van der Waals surface area contributed by atoms with Crippen molar-refractivity contribution >= 4 is 23.4 Å². The first-order valence-electron chi connectivity index (χ1n) is 7.85. The Kier molecular flexibility index (Phi) is 4.91. The number of amides is 1. The van der Waals surface area contributed by atoms with Gasteiger partial charge < -0.3 is 10.1 Å². The van der Waals surface area contributed by atoms with Crippen molar-refractivity contribution in [1.29, 1.82) is 0 Å². The van der Waals surface area contributed by atoms with E-state index in [1.807, 2.05) is 25.1 Å². The highest BCUT2D eigenvalue weighted by Gasteiger charge is 2.12. The molecule has 0 saturated carbocycles. The zero-order valence-electron chi connectivity index (χ0n) is 13.5. The van der Waals surface area contributed by atoms with E-state index < -0.39 is 0 Å². The van der Waals surface area contributed by atoms with E-state index in [0.29, 0.717) is 5.75 Å². The minimum absolute atomic E-state index is 0.0174. The number of carbonyl (C=O) groups is 1. The second-order valence-electron chi connectivity index (χ2n) is 5.80. The van der Waals surface area contributed by atoms with Crippen molar-refractivity contribution in [3.63, 3.8) is 0 Å². The highest BCUT2D eigenvalue weighted by Crippen LogP contribution is 2.28. The molecular formula is C19H21NO2S. The van der Waals surface area contributed by atoms with Gasteiger partial charge in [-0.05, 0) is 73.2 Å². The van der Waals surface area contributed by atoms with Crippen LogP contribution in [0.3, 0.4) is 0 Å². The summed E-state index contributed by atoms with van der Waals surface area (Å²) in [4.78, 5) is 13.3. The molecule has 0 radical (unpaired) electrons. The van der Waals surface area contributed by atoms with Crippen LogP contribution in [-0.4, -0.2) is 18.8 Å². The molecule has 0 unspecified atom stereocenters. The number of carbonyl (C=O) groups excluding carboxylic acids is 1. The van der Waals surface area contributed by atoms with Gasteiger partial charge in [-0.25, -0.2) is 0 Å². The molecule has 2 aromatic carbocycles. The molecule has 0 bridgehead atoms. The van der Waals surface area contributed by atoms with Crippen molar-refractivity contribution in [3.05, 3.63) is 53.1 Å². The molecule has 2 aromatic rings. The molecular weight excluding hydrogens is 306 g/mol. The summed E-state index contributed by atoms with van der Waals surface area (Å²) in [5.74, 6) is 1.24. The fourth-order valence-corrected chi connectivity index (χ4v) is 3.64. The Balaban J connectivity index is 1.57. The lowest BCUT2D eigenvalue weighted by Crippen LogP contribution is -2.14. The minimum atomic E-state index is 0.0174. The first kappa shape index (κ1) is 15.9. The number of benzene rings is 2. The smallest absolute Gasteiger partial charge is 0.234 e. The Morgan fingerprint density at radius 2 is 2.00 bits per heavy atom. The Morgan fingerprint density at radius 3 is 2.78 bits per heavy atom. The summed E-state index contributed by atoms with van der Waals surface area (Å²) in [6, 6.07) is 12.2. The molecule has 1 amide bonds. The zero-order valence-corrected chi connectivity index (χ0v) is 14.3. The third kappa shape index (κ3) is 3.88. The number of thioether (sulfide) groups is 1. The number of rotatable bonds is 5. The monoisotopic (exact) mass is 327 g/mol. The van der Waals surface area contributed by atoms with E-state index >= 15 is 0 Å². The van der Waals surface area contributed by atoms with Crippen molar-refractivity contribution in [2.24, 2.45) is 0 Å². The molecule has 0 aromatic heterocycles. The van der Waals surface area contributed by atoms with Crippen LogP contribution in [0, 0.1) is 6.92 Å². The van der Waals surface area contributed by atoms with E-state index in [2.05, 4.69) is 23.5 Å². The molecule has 120 valence electrons. The maximum atomic E-state index is 12.2. The molecule has 0 spiro atoms. The third-order valence-corrected chi connectivity index (χ3v) is 5.14. The van der Waals surface area contributed by atoms with E-state index in [1.54, 1.807) is 18.9 Å². The maximum Gasteiger partial charge on any atom is 0.234 e. The van der Waals surface area contributed by atoms with Crippen LogP contribution < -0.4 is 10.1 Å². The quantitative estimate of drug-likeness (QED) is 0.836. The lowest BCUT2D eigenvalue weighted by atomic mass is 10.1. The van der Waals surface area contributed by atoms with Gasteiger partial charge in [0.15, 0.2) is 0 Å². The number of nitrogens with one attached hydrogen (secondary N) is 1. The van der Waals surface area contributed by atoms with Crippen molar-refractivity contribution in [1.82, 2.24) is 0 Å². The zero-order chi connectivity index (χ0) is 16.2. The normalized spacial score (nSPS) is 12.8. The van der Waals surface area contributed by atoms with Gasteiger partial charge in [0.1, 0.15) is 5.75 Å². The average molecular weight is 327 g/mol. The van der Waals surface area contributed by atoms with E-state index in [-0.39, 0.29) is 5.91 Å².